The molecule has 8 heteroatoms. The molecule has 1 N–H and O–H groups in total. The molecule has 18 heavy (non-hydrogen) atoms. The molecule has 0 fully saturated rings. The summed E-state index contributed by atoms with van der Waals surface area (Å²) in [6, 6.07) is 3.25. The number of nitriles is 2. The molecule has 1 atom stereocenters. The molecule has 0 radical (unpaired) electrons. The number of nitrogens with one attached hydrogen (secondary N) is 1. The first kappa shape index (κ1) is 14.2. The predicted molar refractivity (Wildman–Crippen MR) is 62.4 cm³/mol. The number of nitrogens with zero attached hydrogens (tertiary/aromatic N) is 4. The van der Waals surface area contributed by atoms with Gasteiger partial charge in [0, 0.05) is 25.7 Å². The molecular weight excluding hydrogens is 254 g/mol. The third kappa shape index (κ3) is 3.84. The molecule has 0 aliphatic rings. The highest BCUT2D eigenvalue weighted by Gasteiger charge is 2.21. The quantitative estimate of drug-likeness (QED) is 0.795. The van der Waals surface area contributed by atoms with Crippen molar-refractivity contribution < 1.29 is 8.42 Å². The van der Waals surface area contributed by atoms with E-state index in [9.17, 15) is 8.42 Å². The molecule has 0 amide bonds. The van der Waals surface area contributed by atoms with Gasteiger partial charge in [-0.05, 0) is 6.42 Å². The molecule has 0 aliphatic heterocycles. The van der Waals surface area contributed by atoms with Crippen molar-refractivity contribution in [2.75, 3.05) is 0 Å². The van der Waals surface area contributed by atoms with Crippen LogP contribution in [0.4, 0.5) is 0 Å². The maximum absolute atomic E-state index is 11.9. The third-order valence-electron chi connectivity index (χ3n) is 2.22. The molecule has 1 aromatic heterocycles. The zero-order chi connectivity index (χ0) is 13.6. The summed E-state index contributed by atoms with van der Waals surface area (Å²) in [6.07, 6.45) is 3.26. The van der Waals surface area contributed by atoms with Crippen molar-refractivity contribution >= 4 is 10.0 Å². The highest BCUT2D eigenvalue weighted by atomic mass is 32.2. The summed E-state index contributed by atoms with van der Waals surface area (Å²) in [6.45, 7) is 0. The highest BCUT2D eigenvalue weighted by Crippen LogP contribution is 2.09. The van der Waals surface area contributed by atoms with Gasteiger partial charge < -0.3 is 4.57 Å². The van der Waals surface area contributed by atoms with E-state index in [1.807, 2.05) is 12.1 Å². The summed E-state index contributed by atoms with van der Waals surface area (Å²) in [7, 11) is -2.07. The van der Waals surface area contributed by atoms with E-state index < -0.39 is 16.1 Å². The van der Waals surface area contributed by atoms with E-state index in [0.29, 0.717) is 6.42 Å². The van der Waals surface area contributed by atoms with E-state index in [1.165, 1.54) is 17.1 Å². The van der Waals surface area contributed by atoms with Crippen LogP contribution in [0, 0.1) is 22.7 Å². The van der Waals surface area contributed by atoms with Crippen LogP contribution in [0.2, 0.25) is 0 Å². The van der Waals surface area contributed by atoms with Gasteiger partial charge in [0.2, 0.25) is 0 Å². The minimum atomic E-state index is -3.73. The Morgan fingerprint density at radius 2 is 2.22 bits per heavy atom. The fraction of sp³-hybridized carbons (Fsp3) is 0.500. The Bertz CT molecular complexity index is 578. The lowest BCUT2D eigenvalue weighted by Gasteiger charge is -2.13. The molecule has 0 saturated heterocycles. The Hall–Kier alpha value is -1.90. The van der Waals surface area contributed by atoms with Gasteiger partial charge in [-0.3, -0.25) is 0 Å². The molecule has 1 aromatic rings. The summed E-state index contributed by atoms with van der Waals surface area (Å²) in [5.41, 5.74) is 0. The fourth-order valence-electron chi connectivity index (χ4n) is 1.36. The van der Waals surface area contributed by atoms with Gasteiger partial charge in [0.05, 0.1) is 24.9 Å². The SMILES string of the molecule is Cn1cnc(S(=O)(=O)NC(CC#N)CCC#N)c1. The van der Waals surface area contributed by atoms with Gasteiger partial charge in [-0.1, -0.05) is 0 Å². The molecule has 1 rings (SSSR count). The van der Waals surface area contributed by atoms with E-state index in [1.54, 1.807) is 7.05 Å². The minimum Gasteiger partial charge on any atom is -0.339 e. The van der Waals surface area contributed by atoms with Crippen LogP contribution in [-0.4, -0.2) is 24.0 Å². The van der Waals surface area contributed by atoms with E-state index in [0.717, 1.165) is 0 Å². The summed E-state index contributed by atoms with van der Waals surface area (Å²) in [4.78, 5) is 3.75. The maximum Gasteiger partial charge on any atom is 0.259 e. The van der Waals surface area contributed by atoms with Gasteiger partial charge in [0.15, 0.2) is 5.03 Å². The highest BCUT2D eigenvalue weighted by molar-refractivity contribution is 7.89. The van der Waals surface area contributed by atoms with Gasteiger partial charge in [-0.15, -0.1) is 0 Å². The average molecular weight is 267 g/mol. The standard InChI is InChI=1S/C10H13N5O2S/c1-15-7-10(13-8-15)18(16,17)14-9(4-6-12)3-2-5-11/h7-9,14H,2-4H2,1H3. The number of imidazole rings is 1. The summed E-state index contributed by atoms with van der Waals surface area (Å²) >= 11 is 0. The van der Waals surface area contributed by atoms with Crippen molar-refractivity contribution in [2.24, 2.45) is 7.05 Å². The number of aryl methyl sites for hydroxylation is 1. The molecule has 0 spiro atoms. The zero-order valence-corrected chi connectivity index (χ0v) is 10.7. The topological polar surface area (TPSA) is 112 Å². The molecule has 0 aliphatic carbocycles. The minimum absolute atomic E-state index is 0.0216. The van der Waals surface area contributed by atoms with Crippen molar-refractivity contribution in [3.63, 3.8) is 0 Å². The summed E-state index contributed by atoms with van der Waals surface area (Å²) in [5.74, 6) is 0. The lowest BCUT2D eigenvalue weighted by molar-refractivity contribution is 0.532. The number of sulfonamides is 1. The second kappa shape index (κ2) is 6.15. The molecular formula is C10H13N5O2S. The maximum atomic E-state index is 11.9. The van der Waals surface area contributed by atoms with Crippen LogP contribution in [0.5, 0.6) is 0 Å². The van der Waals surface area contributed by atoms with E-state index >= 15 is 0 Å². The molecule has 1 heterocycles. The van der Waals surface area contributed by atoms with E-state index in [2.05, 4.69) is 9.71 Å². The van der Waals surface area contributed by atoms with Gasteiger partial charge >= 0.3 is 0 Å². The molecule has 96 valence electrons. The van der Waals surface area contributed by atoms with Crippen LogP contribution >= 0.6 is 0 Å². The Morgan fingerprint density at radius 3 is 2.72 bits per heavy atom. The Morgan fingerprint density at radius 1 is 1.50 bits per heavy atom. The summed E-state index contributed by atoms with van der Waals surface area (Å²) in [5, 5.41) is 17.0. The van der Waals surface area contributed by atoms with Crippen molar-refractivity contribution in [1.82, 2.24) is 14.3 Å². The van der Waals surface area contributed by atoms with Gasteiger partial charge in [-0.2, -0.15) is 10.5 Å². The predicted octanol–water partition coefficient (Wildman–Crippen LogP) is 0.284. The normalized spacial score (nSPS) is 12.6. The van der Waals surface area contributed by atoms with Crippen LogP contribution in [0.15, 0.2) is 17.6 Å². The van der Waals surface area contributed by atoms with Gasteiger partial charge in [0.25, 0.3) is 10.0 Å². The number of rotatable bonds is 6. The first-order valence-electron chi connectivity index (χ1n) is 5.24. The first-order chi connectivity index (χ1) is 8.49. The molecule has 7 nitrogen and oxygen atoms in total. The van der Waals surface area contributed by atoms with Crippen molar-refractivity contribution in [3.8, 4) is 12.1 Å². The monoisotopic (exact) mass is 267 g/mol. The average Bonchev–Trinajstić information content (AvgIpc) is 2.73. The zero-order valence-electron chi connectivity index (χ0n) is 9.87. The van der Waals surface area contributed by atoms with Crippen molar-refractivity contribution in [3.05, 3.63) is 12.5 Å². The Kier molecular flexibility index (Phi) is 4.84. The van der Waals surface area contributed by atoms with Crippen LogP contribution < -0.4 is 4.72 Å². The van der Waals surface area contributed by atoms with Crippen LogP contribution in [0.1, 0.15) is 19.3 Å². The molecule has 1 unspecified atom stereocenters. The smallest absolute Gasteiger partial charge is 0.259 e. The van der Waals surface area contributed by atoms with E-state index in [-0.39, 0.29) is 17.9 Å². The lowest BCUT2D eigenvalue weighted by atomic mass is 10.1. The summed E-state index contributed by atoms with van der Waals surface area (Å²) < 4.78 is 27.7. The second-order valence-corrected chi connectivity index (χ2v) is 5.42. The van der Waals surface area contributed by atoms with Crippen LogP contribution in [-0.2, 0) is 17.1 Å². The van der Waals surface area contributed by atoms with Crippen molar-refractivity contribution in [1.29, 1.82) is 10.5 Å². The Labute approximate surface area is 106 Å². The molecule has 0 aromatic carbocycles. The second-order valence-electron chi connectivity index (χ2n) is 3.75. The van der Waals surface area contributed by atoms with Gasteiger partial charge in [-0.25, -0.2) is 18.1 Å². The molecule has 0 bridgehead atoms. The molecule has 0 saturated carbocycles. The third-order valence-corrected chi connectivity index (χ3v) is 3.63. The largest absolute Gasteiger partial charge is 0.339 e. The van der Waals surface area contributed by atoms with Gasteiger partial charge in [0.1, 0.15) is 0 Å². The fourth-order valence-corrected chi connectivity index (χ4v) is 2.61. The lowest BCUT2D eigenvalue weighted by Crippen LogP contribution is -2.34. The number of hydrogen-bond acceptors (Lipinski definition) is 5. The first-order valence-corrected chi connectivity index (χ1v) is 6.72. The van der Waals surface area contributed by atoms with Crippen LogP contribution in [0.3, 0.4) is 0 Å². The number of aromatic nitrogens is 2. The number of hydrogen-bond donors (Lipinski definition) is 1. The Balaban J connectivity index is 2.80. The van der Waals surface area contributed by atoms with Crippen molar-refractivity contribution in [2.45, 2.75) is 30.3 Å². The van der Waals surface area contributed by atoms with Crippen LogP contribution in [0.25, 0.3) is 0 Å². The van der Waals surface area contributed by atoms with E-state index in [4.69, 9.17) is 10.5 Å².